The van der Waals surface area contributed by atoms with E-state index >= 15 is 0 Å². The van der Waals surface area contributed by atoms with Gasteiger partial charge in [0.1, 0.15) is 0 Å². The monoisotopic (exact) mass is 229 g/mol. The number of anilines is 1. The highest BCUT2D eigenvalue weighted by molar-refractivity contribution is 5.63. The smallest absolute Gasteiger partial charge is 0.0410 e. The highest BCUT2D eigenvalue weighted by Crippen LogP contribution is 2.48. The van der Waals surface area contributed by atoms with Crippen LogP contribution in [0.2, 0.25) is 0 Å². The Morgan fingerprint density at radius 3 is 2.76 bits per heavy atom. The molecule has 0 spiro atoms. The fourth-order valence-corrected chi connectivity index (χ4v) is 3.95. The van der Waals surface area contributed by atoms with Crippen LogP contribution in [0.1, 0.15) is 50.7 Å². The highest BCUT2D eigenvalue weighted by atomic mass is 15.0. The maximum atomic E-state index is 3.82. The molecule has 92 valence electrons. The van der Waals surface area contributed by atoms with E-state index in [2.05, 4.69) is 44.3 Å². The van der Waals surface area contributed by atoms with E-state index in [0.29, 0.717) is 11.5 Å². The molecule has 1 aliphatic heterocycles. The summed E-state index contributed by atoms with van der Waals surface area (Å²) in [5.74, 6) is 0.811. The number of para-hydroxylation sites is 1. The first-order valence-electron chi connectivity index (χ1n) is 6.97. The lowest BCUT2D eigenvalue weighted by Crippen LogP contribution is -2.47. The molecule has 2 atom stereocenters. The third kappa shape index (κ3) is 1.59. The molecule has 1 saturated carbocycles. The molecule has 0 aromatic heterocycles. The van der Waals surface area contributed by atoms with E-state index in [0.717, 1.165) is 5.92 Å². The molecule has 1 aromatic rings. The van der Waals surface area contributed by atoms with Gasteiger partial charge in [-0.25, -0.2) is 0 Å². The van der Waals surface area contributed by atoms with Crippen molar-refractivity contribution < 1.29 is 0 Å². The second-order valence-corrected chi connectivity index (χ2v) is 6.36. The molecule has 0 saturated heterocycles. The van der Waals surface area contributed by atoms with E-state index in [4.69, 9.17) is 0 Å². The first-order valence-corrected chi connectivity index (χ1v) is 6.97. The number of benzene rings is 1. The van der Waals surface area contributed by atoms with Gasteiger partial charge in [0, 0.05) is 11.7 Å². The van der Waals surface area contributed by atoms with E-state index in [1.54, 1.807) is 0 Å². The largest absolute Gasteiger partial charge is 0.382 e. The van der Waals surface area contributed by atoms with E-state index in [-0.39, 0.29) is 0 Å². The summed E-state index contributed by atoms with van der Waals surface area (Å²) >= 11 is 0. The molecule has 0 radical (unpaired) electrons. The summed E-state index contributed by atoms with van der Waals surface area (Å²) in [6, 6.07) is 7.46. The Kier molecular flexibility index (Phi) is 2.46. The molecular formula is C16H23N. The lowest BCUT2D eigenvalue weighted by Gasteiger charge is -2.49. The topological polar surface area (TPSA) is 12.0 Å². The van der Waals surface area contributed by atoms with Crippen LogP contribution in [0.15, 0.2) is 18.2 Å². The number of rotatable bonds is 0. The first kappa shape index (κ1) is 11.1. The van der Waals surface area contributed by atoms with Crippen LogP contribution in [0.25, 0.3) is 0 Å². The lowest BCUT2D eigenvalue weighted by atomic mass is 9.62. The highest BCUT2D eigenvalue weighted by Gasteiger charge is 2.43. The van der Waals surface area contributed by atoms with Crippen molar-refractivity contribution in [3.8, 4) is 0 Å². The fourth-order valence-electron chi connectivity index (χ4n) is 3.95. The summed E-state index contributed by atoms with van der Waals surface area (Å²) in [4.78, 5) is 0. The summed E-state index contributed by atoms with van der Waals surface area (Å²) < 4.78 is 0. The van der Waals surface area contributed by atoms with E-state index in [1.165, 1.54) is 42.5 Å². The maximum absolute atomic E-state index is 3.82. The second-order valence-electron chi connectivity index (χ2n) is 6.36. The van der Waals surface area contributed by atoms with Gasteiger partial charge >= 0.3 is 0 Å². The molecule has 2 unspecified atom stereocenters. The third-order valence-corrected chi connectivity index (χ3v) is 4.99. The van der Waals surface area contributed by atoms with Crippen molar-refractivity contribution in [3.63, 3.8) is 0 Å². The number of hydrogen-bond donors (Lipinski definition) is 1. The SMILES string of the molecule is Cc1cccc2c1NC1CCCCC1C2(C)C. The van der Waals surface area contributed by atoms with Gasteiger partial charge in [-0.3, -0.25) is 0 Å². The maximum Gasteiger partial charge on any atom is 0.0410 e. The molecule has 1 heterocycles. The molecule has 2 aliphatic rings. The molecule has 0 amide bonds. The summed E-state index contributed by atoms with van der Waals surface area (Å²) in [5, 5.41) is 3.82. The Hall–Kier alpha value is -0.980. The average Bonchev–Trinajstić information content (AvgIpc) is 2.31. The zero-order chi connectivity index (χ0) is 12.0. The van der Waals surface area contributed by atoms with Crippen LogP contribution in [0.4, 0.5) is 5.69 Å². The van der Waals surface area contributed by atoms with Gasteiger partial charge in [-0.15, -0.1) is 0 Å². The second kappa shape index (κ2) is 3.76. The van der Waals surface area contributed by atoms with E-state index in [1.807, 2.05) is 0 Å². The van der Waals surface area contributed by atoms with Gasteiger partial charge in [0.05, 0.1) is 0 Å². The van der Waals surface area contributed by atoms with Crippen LogP contribution in [0.5, 0.6) is 0 Å². The molecule has 1 heteroatoms. The van der Waals surface area contributed by atoms with Crippen LogP contribution in [-0.2, 0) is 5.41 Å². The van der Waals surface area contributed by atoms with E-state index < -0.39 is 0 Å². The molecule has 1 fully saturated rings. The van der Waals surface area contributed by atoms with Crippen molar-refractivity contribution in [1.29, 1.82) is 0 Å². The van der Waals surface area contributed by atoms with Crippen molar-refractivity contribution in [2.24, 2.45) is 5.92 Å². The predicted octanol–water partition coefficient (Wildman–Crippen LogP) is 4.26. The fraction of sp³-hybridized carbons (Fsp3) is 0.625. The predicted molar refractivity (Wildman–Crippen MR) is 73.6 cm³/mol. The molecule has 1 nitrogen and oxygen atoms in total. The van der Waals surface area contributed by atoms with Crippen LogP contribution in [0.3, 0.4) is 0 Å². The van der Waals surface area contributed by atoms with Gasteiger partial charge < -0.3 is 5.32 Å². The van der Waals surface area contributed by atoms with Crippen molar-refractivity contribution in [2.75, 3.05) is 5.32 Å². The Morgan fingerprint density at radius 2 is 1.94 bits per heavy atom. The summed E-state index contributed by atoms with van der Waals surface area (Å²) in [5.41, 5.74) is 4.68. The number of hydrogen-bond acceptors (Lipinski definition) is 1. The van der Waals surface area contributed by atoms with Gasteiger partial charge in [-0.05, 0) is 42.2 Å². The molecule has 17 heavy (non-hydrogen) atoms. The van der Waals surface area contributed by atoms with Crippen molar-refractivity contribution in [3.05, 3.63) is 29.3 Å². The number of fused-ring (bicyclic) bond motifs is 2. The standard InChI is InChI=1S/C16H23N/c1-11-7-6-9-13-15(11)17-14-10-5-4-8-12(14)16(13,2)3/h6-7,9,12,14,17H,4-5,8,10H2,1-3H3. The molecule has 0 bridgehead atoms. The van der Waals surface area contributed by atoms with Crippen LogP contribution in [0, 0.1) is 12.8 Å². The van der Waals surface area contributed by atoms with Gasteiger partial charge in [0.2, 0.25) is 0 Å². The summed E-state index contributed by atoms with van der Waals surface area (Å²) in [7, 11) is 0. The lowest BCUT2D eigenvalue weighted by molar-refractivity contribution is 0.205. The minimum absolute atomic E-state index is 0.331. The van der Waals surface area contributed by atoms with Gasteiger partial charge in [0.15, 0.2) is 0 Å². The Labute approximate surface area is 105 Å². The zero-order valence-electron chi connectivity index (χ0n) is 11.2. The average molecular weight is 229 g/mol. The third-order valence-electron chi connectivity index (χ3n) is 4.99. The number of aryl methyl sites for hydroxylation is 1. The summed E-state index contributed by atoms with van der Waals surface area (Å²) in [6.45, 7) is 7.11. The van der Waals surface area contributed by atoms with Gasteiger partial charge in [-0.1, -0.05) is 44.9 Å². The van der Waals surface area contributed by atoms with Crippen molar-refractivity contribution in [2.45, 2.75) is 57.9 Å². The molecule has 1 aromatic carbocycles. The Morgan fingerprint density at radius 1 is 1.18 bits per heavy atom. The normalized spacial score (nSPS) is 30.1. The number of nitrogens with one attached hydrogen (secondary N) is 1. The quantitative estimate of drug-likeness (QED) is 0.701. The van der Waals surface area contributed by atoms with Crippen LogP contribution >= 0.6 is 0 Å². The van der Waals surface area contributed by atoms with Crippen molar-refractivity contribution >= 4 is 5.69 Å². The minimum Gasteiger partial charge on any atom is -0.382 e. The van der Waals surface area contributed by atoms with Crippen LogP contribution in [-0.4, -0.2) is 6.04 Å². The molecular weight excluding hydrogens is 206 g/mol. The first-order chi connectivity index (χ1) is 8.10. The molecule has 3 rings (SSSR count). The van der Waals surface area contributed by atoms with E-state index in [9.17, 15) is 0 Å². The van der Waals surface area contributed by atoms with Crippen molar-refractivity contribution in [1.82, 2.24) is 0 Å². The summed E-state index contributed by atoms with van der Waals surface area (Å²) in [6.07, 6.45) is 5.54. The zero-order valence-corrected chi connectivity index (χ0v) is 11.2. The molecule has 1 N–H and O–H groups in total. The Balaban J connectivity index is 2.11. The minimum atomic E-state index is 0.331. The van der Waals surface area contributed by atoms with Crippen LogP contribution < -0.4 is 5.32 Å². The molecule has 1 aliphatic carbocycles. The Bertz CT molecular complexity index is 433. The van der Waals surface area contributed by atoms with Gasteiger partial charge in [-0.2, -0.15) is 0 Å². The van der Waals surface area contributed by atoms with Gasteiger partial charge in [0.25, 0.3) is 0 Å².